The molecule has 1 amide bonds. The highest BCUT2D eigenvalue weighted by Crippen LogP contribution is 2.24. The first kappa shape index (κ1) is 10.4. The number of amides is 1. The molecule has 1 heterocycles. The van der Waals surface area contributed by atoms with Crippen LogP contribution in [0.15, 0.2) is 30.3 Å². The molecular formula is C12H12N2O2. The number of hydrogen-bond acceptors (Lipinski definition) is 3. The molecule has 16 heavy (non-hydrogen) atoms. The maximum Gasteiger partial charge on any atom is 0.255 e. The number of hydrogen-bond donors (Lipinski definition) is 1. The van der Waals surface area contributed by atoms with E-state index < -0.39 is 5.91 Å². The summed E-state index contributed by atoms with van der Waals surface area (Å²) >= 11 is 0. The molecule has 1 aromatic heterocycles. The standard InChI is InChI=1S/C12H12N2O2/c1-8-6-11(16-7-12(13)15)9-4-2-3-5-10(9)14-8/h2-6H,7H2,1H3,(H2,13,15). The normalized spacial score (nSPS) is 10.3. The molecule has 0 atom stereocenters. The van der Waals surface area contributed by atoms with Crippen molar-refractivity contribution in [2.24, 2.45) is 5.73 Å². The smallest absolute Gasteiger partial charge is 0.255 e. The Kier molecular flexibility index (Phi) is 2.72. The van der Waals surface area contributed by atoms with Crippen LogP contribution in [0.1, 0.15) is 5.69 Å². The summed E-state index contributed by atoms with van der Waals surface area (Å²) in [5, 5.41) is 0.884. The zero-order valence-electron chi connectivity index (χ0n) is 8.93. The number of carbonyl (C=O) groups is 1. The molecule has 0 saturated carbocycles. The third-order valence-electron chi connectivity index (χ3n) is 2.18. The third-order valence-corrected chi connectivity index (χ3v) is 2.18. The number of aromatic nitrogens is 1. The predicted octanol–water partition coefficient (Wildman–Crippen LogP) is 1.41. The molecule has 0 aliphatic carbocycles. The van der Waals surface area contributed by atoms with Gasteiger partial charge in [-0.05, 0) is 19.1 Å². The van der Waals surface area contributed by atoms with Crippen LogP contribution < -0.4 is 10.5 Å². The highest BCUT2D eigenvalue weighted by atomic mass is 16.5. The highest BCUT2D eigenvalue weighted by Gasteiger charge is 2.05. The van der Waals surface area contributed by atoms with Gasteiger partial charge in [-0.1, -0.05) is 12.1 Å². The zero-order chi connectivity index (χ0) is 11.5. The van der Waals surface area contributed by atoms with Gasteiger partial charge >= 0.3 is 0 Å². The average Bonchev–Trinajstić information content (AvgIpc) is 2.25. The molecule has 0 spiro atoms. The number of carbonyl (C=O) groups excluding carboxylic acids is 1. The second-order valence-electron chi connectivity index (χ2n) is 3.53. The molecule has 0 radical (unpaired) electrons. The molecule has 0 fully saturated rings. The van der Waals surface area contributed by atoms with Crippen molar-refractivity contribution >= 4 is 16.8 Å². The summed E-state index contributed by atoms with van der Waals surface area (Å²) in [4.78, 5) is 15.0. The number of benzene rings is 1. The van der Waals surface area contributed by atoms with Gasteiger partial charge in [0.1, 0.15) is 5.75 Å². The molecule has 2 aromatic rings. The number of para-hydroxylation sites is 1. The van der Waals surface area contributed by atoms with Gasteiger partial charge in [0, 0.05) is 17.1 Å². The second kappa shape index (κ2) is 4.18. The van der Waals surface area contributed by atoms with Gasteiger partial charge in [-0.15, -0.1) is 0 Å². The van der Waals surface area contributed by atoms with Crippen LogP contribution in [0.25, 0.3) is 10.9 Å². The second-order valence-corrected chi connectivity index (χ2v) is 3.53. The summed E-state index contributed by atoms with van der Waals surface area (Å²) in [5.74, 6) is 0.153. The first-order valence-corrected chi connectivity index (χ1v) is 4.94. The number of nitrogens with two attached hydrogens (primary N) is 1. The van der Waals surface area contributed by atoms with Crippen LogP contribution in [0.2, 0.25) is 0 Å². The van der Waals surface area contributed by atoms with E-state index in [2.05, 4.69) is 4.98 Å². The summed E-state index contributed by atoms with van der Waals surface area (Å²) in [6, 6.07) is 9.41. The number of rotatable bonds is 3. The van der Waals surface area contributed by atoms with E-state index in [1.54, 1.807) is 6.07 Å². The van der Waals surface area contributed by atoms with Crippen molar-refractivity contribution in [3.8, 4) is 5.75 Å². The average molecular weight is 216 g/mol. The topological polar surface area (TPSA) is 65.2 Å². The van der Waals surface area contributed by atoms with Gasteiger partial charge in [0.05, 0.1) is 5.52 Å². The first-order valence-electron chi connectivity index (χ1n) is 4.94. The molecule has 0 saturated heterocycles. The van der Waals surface area contributed by atoms with Crippen LogP contribution in [0, 0.1) is 6.92 Å². The lowest BCUT2D eigenvalue weighted by Crippen LogP contribution is -2.20. The van der Waals surface area contributed by atoms with E-state index >= 15 is 0 Å². The molecular weight excluding hydrogens is 204 g/mol. The molecule has 0 aliphatic rings. The maximum absolute atomic E-state index is 10.7. The third kappa shape index (κ3) is 2.11. The van der Waals surface area contributed by atoms with E-state index in [4.69, 9.17) is 10.5 Å². The molecule has 4 nitrogen and oxygen atoms in total. The number of fused-ring (bicyclic) bond motifs is 1. The molecule has 4 heteroatoms. The summed E-state index contributed by atoms with van der Waals surface area (Å²) in [6.45, 7) is 1.76. The van der Waals surface area contributed by atoms with Crippen molar-refractivity contribution in [3.63, 3.8) is 0 Å². The van der Waals surface area contributed by atoms with Crippen LogP contribution in [-0.4, -0.2) is 17.5 Å². The van der Waals surface area contributed by atoms with Crippen LogP contribution in [0.5, 0.6) is 5.75 Å². The SMILES string of the molecule is Cc1cc(OCC(N)=O)c2ccccc2n1. The van der Waals surface area contributed by atoms with Crippen molar-refractivity contribution in [3.05, 3.63) is 36.0 Å². The minimum atomic E-state index is -0.487. The Labute approximate surface area is 93.0 Å². The minimum absolute atomic E-state index is 0.118. The lowest BCUT2D eigenvalue weighted by atomic mass is 10.2. The van der Waals surface area contributed by atoms with Crippen molar-refractivity contribution in [1.82, 2.24) is 4.98 Å². The Bertz CT molecular complexity index is 538. The molecule has 1 aromatic carbocycles. The predicted molar refractivity (Wildman–Crippen MR) is 61.2 cm³/mol. The molecule has 82 valence electrons. The van der Waals surface area contributed by atoms with Gasteiger partial charge in [-0.25, -0.2) is 0 Å². The number of primary amides is 1. The Morgan fingerprint density at radius 2 is 2.19 bits per heavy atom. The van der Waals surface area contributed by atoms with E-state index in [-0.39, 0.29) is 6.61 Å². The number of nitrogens with zero attached hydrogens (tertiary/aromatic N) is 1. The van der Waals surface area contributed by atoms with Crippen molar-refractivity contribution < 1.29 is 9.53 Å². The number of aryl methyl sites for hydroxylation is 1. The number of ether oxygens (including phenoxy) is 1. The Hall–Kier alpha value is -2.10. The summed E-state index contributed by atoms with van der Waals surface area (Å²) in [7, 11) is 0. The largest absolute Gasteiger partial charge is 0.483 e. The molecule has 0 unspecified atom stereocenters. The summed E-state index contributed by atoms with van der Waals surface area (Å²) in [6.07, 6.45) is 0. The van der Waals surface area contributed by atoms with Crippen LogP contribution in [0.3, 0.4) is 0 Å². The van der Waals surface area contributed by atoms with Crippen molar-refractivity contribution in [2.45, 2.75) is 6.92 Å². The van der Waals surface area contributed by atoms with Crippen LogP contribution in [-0.2, 0) is 4.79 Å². The van der Waals surface area contributed by atoms with E-state index in [1.807, 2.05) is 31.2 Å². The summed E-state index contributed by atoms with van der Waals surface area (Å²) < 4.78 is 5.35. The Balaban J connectivity index is 2.46. The van der Waals surface area contributed by atoms with E-state index in [1.165, 1.54) is 0 Å². The van der Waals surface area contributed by atoms with Gasteiger partial charge in [-0.2, -0.15) is 0 Å². The van der Waals surface area contributed by atoms with Crippen LogP contribution in [0.4, 0.5) is 0 Å². The quantitative estimate of drug-likeness (QED) is 0.843. The van der Waals surface area contributed by atoms with Gasteiger partial charge in [-0.3, -0.25) is 9.78 Å². The van der Waals surface area contributed by atoms with Crippen molar-refractivity contribution in [2.75, 3.05) is 6.61 Å². The van der Waals surface area contributed by atoms with Crippen molar-refractivity contribution in [1.29, 1.82) is 0 Å². The van der Waals surface area contributed by atoms with E-state index in [0.29, 0.717) is 5.75 Å². The molecule has 2 rings (SSSR count). The Morgan fingerprint density at radius 3 is 2.94 bits per heavy atom. The lowest BCUT2D eigenvalue weighted by molar-refractivity contribution is -0.119. The highest BCUT2D eigenvalue weighted by molar-refractivity contribution is 5.85. The van der Waals surface area contributed by atoms with E-state index in [9.17, 15) is 4.79 Å². The van der Waals surface area contributed by atoms with Gasteiger partial charge < -0.3 is 10.5 Å². The van der Waals surface area contributed by atoms with Crippen LogP contribution >= 0.6 is 0 Å². The lowest BCUT2D eigenvalue weighted by Gasteiger charge is -2.08. The number of pyridine rings is 1. The van der Waals surface area contributed by atoms with Gasteiger partial charge in [0.25, 0.3) is 5.91 Å². The molecule has 0 aliphatic heterocycles. The van der Waals surface area contributed by atoms with E-state index in [0.717, 1.165) is 16.6 Å². The van der Waals surface area contributed by atoms with Gasteiger partial charge in [0.15, 0.2) is 6.61 Å². The monoisotopic (exact) mass is 216 g/mol. The first-order chi connectivity index (χ1) is 7.66. The fourth-order valence-electron chi connectivity index (χ4n) is 1.54. The molecule has 2 N–H and O–H groups in total. The zero-order valence-corrected chi connectivity index (χ0v) is 8.93. The Morgan fingerprint density at radius 1 is 1.44 bits per heavy atom. The molecule has 0 bridgehead atoms. The minimum Gasteiger partial charge on any atom is -0.483 e. The fraction of sp³-hybridized carbons (Fsp3) is 0.167. The fourth-order valence-corrected chi connectivity index (χ4v) is 1.54. The maximum atomic E-state index is 10.7. The van der Waals surface area contributed by atoms with Gasteiger partial charge in [0.2, 0.25) is 0 Å². The summed E-state index contributed by atoms with van der Waals surface area (Å²) in [5.41, 5.74) is 6.74.